The van der Waals surface area contributed by atoms with Gasteiger partial charge < -0.3 is 10.6 Å². The largest absolute Gasteiger partial charge is 0.356 e. The van der Waals surface area contributed by atoms with Crippen molar-refractivity contribution in [3.8, 4) is 0 Å². The molecule has 0 bridgehead atoms. The maximum Gasteiger partial charge on any atom is 0.221 e. The molecule has 14 heavy (non-hydrogen) atoms. The first-order valence-corrected chi connectivity index (χ1v) is 5.68. The summed E-state index contributed by atoms with van der Waals surface area (Å²) >= 11 is 0. The van der Waals surface area contributed by atoms with Crippen LogP contribution in [0.2, 0.25) is 0 Å². The zero-order valence-electron chi connectivity index (χ0n) is 9.31. The van der Waals surface area contributed by atoms with Gasteiger partial charge in [-0.1, -0.05) is 20.3 Å². The molecule has 1 heterocycles. The molecule has 0 aliphatic carbocycles. The van der Waals surface area contributed by atoms with E-state index >= 15 is 0 Å². The third kappa shape index (κ3) is 4.61. The number of carbonyl (C=O) groups is 1. The van der Waals surface area contributed by atoms with E-state index in [0.29, 0.717) is 18.4 Å². The molecule has 1 fully saturated rings. The molecule has 1 amide bonds. The van der Waals surface area contributed by atoms with Crippen molar-refractivity contribution >= 4 is 5.91 Å². The van der Waals surface area contributed by atoms with Crippen LogP contribution in [-0.2, 0) is 4.79 Å². The molecule has 0 spiro atoms. The lowest BCUT2D eigenvalue weighted by Crippen LogP contribution is -2.39. The molecule has 1 aliphatic rings. The van der Waals surface area contributed by atoms with Gasteiger partial charge in [-0.15, -0.1) is 0 Å². The molecule has 0 saturated carbocycles. The maximum atomic E-state index is 11.5. The summed E-state index contributed by atoms with van der Waals surface area (Å²) in [5.41, 5.74) is 0. The lowest BCUT2D eigenvalue weighted by Gasteiger charge is -2.22. The zero-order chi connectivity index (χ0) is 10.4. The highest BCUT2D eigenvalue weighted by atomic mass is 16.1. The van der Waals surface area contributed by atoms with E-state index < -0.39 is 0 Å². The predicted molar refractivity (Wildman–Crippen MR) is 58.1 cm³/mol. The van der Waals surface area contributed by atoms with Gasteiger partial charge in [0.1, 0.15) is 0 Å². The fourth-order valence-electron chi connectivity index (χ4n) is 1.71. The Morgan fingerprint density at radius 1 is 1.50 bits per heavy atom. The molecule has 2 N–H and O–H groups in total. The third-order valence-electron chi connectivity index (χ3n) is 2.55. The molecule has 0 radical (unpaired) electrons. The van der Waals surface area contributed by atoms with Gasteiger partial charge in [0.25, 0.3) is 0 Å². The Labute approximate surface area is 86.6 Å². The normalized spacial score (nSPS) is 22.4. The molecule has 3 heteroatoms. The average Bonchev–Trinajstić information content (AvgIpc) is 2.16. The van der Waals surface area contributed by atoms with Gasteiger partial charge in [0.2, 0.25) is 5.91 Å². The highest BCUT2D eigenvalue weighted by Crippen LogP contribution is 2.09. The highest BCUT2D eigenvalue weighted by molar-refractivity contribution is 5.76. The summed E-state index contributed by atoms with van der Waals surface area (Å²) in [6, 6.07) is 0.413. The second-order valence-electron chi connectivity index (χ2n) is 4.55. The van der Waals surface area contributed by atoms with Crippen molar-refractivity contribution < 1.29 is 4.79 Å². The molecule has 0 aromatic carbocycles. The minimum atomic E-state index is 0.193. The first-order valence-electron chi connectivity index (χ1n) is 5.68. The fraction of sp³-hybridized carbons (Fsp3) is 0.909. The summed E-state index contributed by atoms with van der Waals surface area (Å²) in [6.07, 6.45) is 4.31. The number of amides is 1. The van der Waals surface area contributed by atoms with Gasteiger partial charge in [0.05, 0.1) is 0 Å². The fourth-order valence-corrected chi connectivity index (χ4v) is 1.71. The summed E-state index contributed by atoms with van der Waals surface area (Å²) in [6.45, 7) is 6.09. The third-order valence-corrected chi connectivity index (χ3v) is 2.55. The van der Waals surface area contributed by atoms with Crippen molar-refractivity contribution in [2.24, 2.45) is 5.92 Å². The zero-order valence-corrected chi connectivity index (χ0v) is 9.31. The molecule has 1 rings (SSSR count). The molecule has 1 aliphatic heterocycles. The van der Waals surface area contributed by atoms with Crippen LogP contribution in [0.3, 0.4) is 0 Å². The first kappa shape index (κ1) is 11.5. The van der Waals surface area contributed by atoms with Crippen molar-refractivity contribution in [1.29, 1.82) is 0 Å². The van der Waals surface area contributed by atoms with Crippen LogP contribution in [0.1, 0.15) is 39.5 Å². The van der Waals surface area contributed by atoms with Gasteiger partial charge in [0, 0.05) is 19.0 Å². The molecular formula is C11H22N2O. The number of piperidine rings is 1. The van der Waals surface area contributed by atoms with Gasteiger partial charge in [-0.25, -0.2) is 0 Å². The second kappa shape index (κ2) is 6.02. The number of rotatable bonds is 4. The van der Waals surface area contributed by atoms with Gasteiger partial charge in [-0.05, 0) is 25.3 Å². The van der Waals surface area contributed by atoms with Crippen LogP contribution in [0.15, 0.2) is 0 Å². The van der Waals surface area contributed by atoms with E-state index in [2.05, 4.69) is 24.5 Å². The molecule has 1 unspecified atom stereocenters. The lowest BCUT2D eigenvalue weighted by atomic mass is 10.0. The molecule has 1 saturated heterocycles. The molecule has 1 atom stereocenters. The van der Waals surface area contributed by atoms with Crippen molar-refractivity contribution in [2.75, 3.05) is 13.1 Å². The number of hydrogen-bond donors (Lipinski definition) is 2. The van der Waals surface area contributed by atoms with Crippen molar-refractivity contribution in [1.82, 2.24) is 10.6 Å². The Bertz CT molecular complexity index is 174. The predicted octanol–water partition coefficient (Wildman–Crippen LogP) is 1.29. The van der Waals surface area contributed by atoms with Crippen LogP contribution in [0.5, 0.6) is 0 Å². The van der Waals surface area contributed by atoms with E-state index in [1.165, 1.54) is 12.8 Å². The number of carbonyl (C=O) groups excluding carboxylic acids is 1. The Kier molecular flexibility index (Phi) is 4.94. The SMILES string of the molecule is CC(C)CNC(=O)CC1CCCCN1. The van der Waals surface area contributed by atoms with Gasteiger partial charge in [-0.2, -0.15) is 0 Å². The second-order valence-corrected chi connectivity index (χ2v) is 4.55. The van der Waals surface area contributed by atoms with Crippen LogP contribution in [0, 0.1) is 5.92 Å². The molecule has 82 valence electrons. The quantitative estimate of drug-likeness (QED) is 0.714. The number of nitrogens with one attached hydrogen (secondary N) is 2. The summed E-state index contributed by atoms with van der Waals surface area (Å²) in [5.74, 6) is 0.733. The van der Waals surface area contributed by atoms with Gasteiger partial charge >= 0.3 is 0 Å². The standard InChI is InChI=1S/C11H22N2O/c1-9(2)8-13-11(14)7-10-5-3-4-6-12-10/h9-10,12H,3-8H2,1-2H3,(H,13,14). The van der Waals surface area contributed by atoms with Crippen LogP contribution in [0.4, 0.5) is 0 Å². The Morgan fingerprint density at radius 3 is 2.86 bits per heavy atom. The topological polar surface area (TPSA) is 41.1 Å². The van der Waals surface area contributed by atoms with E-state index in [0.717, 1.165) is 19.5 Å². The smallest absolute Gasteiger partial charge is 0.221 e. The first-order chi connectivity index (χ1) is 6.68. The van der Waals surface area contributed by atoms with E-state index in [1.807, 2.05) is 0 Å². The van der Waals surface area contributed by atoms with E-state index in [-0.39, 0.29) is 5.91 Å². The molecule has 0 aromatic heterocycles. The van der Waals surface area contributed by atoms with Crippen molar-refractivity contribution in [2.45, 2.75) is 45.6 Å². The summed E-state index contributed by atoms with van der Waals surface area (Å²) in [7, 11) is 0. The molecular weight excluding hydrogens is 176 g/mol. The average molecular weight is 198 g/mol. The minimum Gasteiger partial charge on any atom is -0.356 e. The lowest BCUT2D eigenvalue weighted by molar-refractivity contribution is -0.121. The van der Waals surface area contributed by atoms with E-state index in [9.17, 15) is 4.79 Å². The molecule has 0 aromatic rings. The van der Waals surface area contributed by atoms with Gasteiger partial charge in [-0.3, -0.25) is 4.79 Å². The van der Waals surface area contributed by atoms with E-state index in [1.54, 1.807) is 0 Å². The van der Waals surface area contributed by atoms with Crippen molar-refractivity contribution in [3.05, 3.63) is 0 Å². The van der Waals surface area contributed by atoms with Crippen LogP contribution >= 0.6 is 0 Å². The van der Waals surface area contributed by atoms with Crippen LogP contribution in [0.25, 0.3) is 0 Å². The minimum absolute atomic E-state index is 0.193. The monoisotopic (exact) mass is 198 g/mol. The summed E-state index contributed by atoms with van der Waals surface area (Å²) in [5, 5.41) is 6.33. The highest BCUT2D eigenvalue weighted by Gasteiger charge is 2.15. The van der Waals surface area contributed by atoms with Crippen LogP contribution < -0.4 is 10.6 Å². The summed E-state index contributed by atoms with van der Waals surface area (Å²) in [4.78, 5) is 11.5. The Hall–Kier alpha value is -0.570. The van der Waals surface area contributed by atoms with E-state index in [4.69, 9.17) is 0 Å². The maximum absolute atomic E-state index is 11.5. The van der Waals surface area contributed by atoms with Crippen molar-refractivity contribution in [3.63, 3.8) is 0 Å². The van der Waals surface area contributed by atoms with Gasteiger partial charge in [0.15, 0.2) is 0 Å². The van der Waals surface area contributed by atoms with Crippen LogP contribution in [-0.4, -0.2) is 25.0 Å². The molecule has 3 nitrogen and oxygen atoms in total. The Morgan fingerprint density at radius 2 is 2.29 bits per heavy atom. The Balaban J connectivity index is 2.12. The summed E-state index contributed by atoms with van der Waals surface area (Å²) < 4.78 is 0. The number of hydrogen-bond acceptors (Lipinski definition) is 2.